The van der Waals surface area contributed by atoms with Crippen molar-refractivity contribution >= 4 is 5.97 Å². The van der Waals surface area contributed by atoms with E-state index in [0.29, 0.717) is 12.2 Å². The average Bonchev–Trinajstić information content (AvgIpc) is 2.64. The molecule has 2 aromatic carbocycles. The summed E-state index contributed by atoms with van der Waals surface area (Å²) in [7, 11) is 0. The fourth-order valence-electron chi connectivity index (χ4n) is 3.52. The molecule has 2 aromatic rings. The minimum Gasteiger partial charge on any atom is -0.482 e. The number of nitrogens with two attached hydrogens (primary N) is 1. The first-order valence-electron chi connectivity index (χ1n) is 9.20. The third-order valence-electron chi connectivity index (χ3n) is 5.37. The lowest BCUT2D eigenvalue weighted by molar-refractivity contribution is -0.132. The van der Waals surface area contributed by atoms with E-state index >= 15 is 0 Å². The van der Waals surface area contributed by atoms with Crippen LogP contribution in [0, 0.1) is 20.8 Å². The van der Waals surface area contributed by atoms with Gasteiger partial charge in [0.2, 0.25) is 0 Å². The predicted octanol–water partition coefficient (Wildman–Crippen LogP) is 3.98. The van der Waals surface area contributed by atoms with E-state index in [9.17, 15) is 4.79 Å². The molecule has 0 spiro atoms. The molecule has 1 heterocycles. The average molecular weight is 369 g/mol. The number of rotatable bonds is 4. The summed E-state index contributed by atoms with van der Waals surface area (Å²) < 4.78 is 17.8. The molecule has 0 aliphatic carbocycles. The van der Waals surface area contributed by atoms with Gasteiger partial charge in [-0.2, -0.15) is 0 Å². The van der Waals surface area contributed by atoms with Gasteiger partial charge in [0, 0.05) is 12.5 Å². The highest BCUT2D eigenvalue weighted by atomic mass is 16.6. The van der Waals surface area contributed by atoms with Gasteiger partial charge in [0.15, 0.2) is 11.8 Å². The maximum absolute atomic E-state index is 11.5. The quantitative estimate of drug-likeness (QED) is 0.501. The van der Waals surface area contributed by atoms with E-state index in [1.54, 1.807) is 0 Å². The molecule has 144 valence electrons. The molecule has 1 aliphatic rings. The number of esters is 1. The van der Waals surface area contributed by atoms with Crippen molar-refractivity contribution < 1.29 is 19.0 Å². The van der Waals surface area contributed by atoms with E-state index in [1.165, 1.54) is 6.92 Å². The lowest BCUT2D eigenvalue weighted by Crippen LogP contribution is -2.55. The van der Waals surface area contributed by atoms with E-state index in [0.717, 1.165) is 40.2 Å². The molecule has 2 atom stereocenters. The first kappa shape index (κ1) is 19.2. The smallest absolute Gasteiger partial charge is 0.308 e. The minimum absolute atomic E-state index is 0.319. The summed E-state index contributed by atoms with van der Waals surface area (Å²) in [6, 6.07) is 9.52. The number of ether oxygens (including phenoxy) is 3. The molecule has 5 heteroatoms. The maximum Gasteiger partial charge on any atom is 0.308 e. The Bertz CT molecular complexity index is 863. The van der Waals surface area contributed by atoms with Crippen molar-refractivity contribution in [3.63, 3.8) is 0 Å². The molecule has 1 aliphatic heterocycles. The van der Waals surface area contributed by atoms with Gasteiger partial charge in [-0.05, 0) is 69.4 Å². The highest BCUT2D eigenvalue weighted by molar-refractivity contribution is 5.72. The van der Waals surface area contributed by atoms with Gasteiger partial charge in [-0.1, -0.05) is 18.2 Å². The number of fused-ring (bicyclic) bond motifs is 1. The molecule has 0 fully saturated rings. The van der Waals surface area contributed by atoms with Gasteiger partial charge in [-0.15, -0.1) is 0 Å². The zero-order valence-corrected chi connectivity index (χ0v) is 16.6. The Kier molecular flexibility index (Phi) is 5.16. The summed E-state index contributed by atoms with van der Waals surface area (Å²) in [4.78, 5) is 11.5. The third kappa shape index (κ3) is 3.65. The van der Waals surface area contributed by atoms with Gasteiger partial charge >= 0.3 is 5.97 Å². The Morgan fingerprint density at radius 1 is 1.15 bits per heavy atom. The SMILES string of the molecule is CC(=O)Oc1c(C)c(C)c2c(c1C)CCC(C)(C(N)Oc1ccccc1)O2. The lowest BCUT2D eigenvalue weighted by Gasteiger charge is -2.41. The molecule has 0 bridgehead atoms. The van der Waals surface area contributed by atoms with Crippen LogP contribution in [0.2, 0.25) is 0 Å². The van der Waals surface area contributed by atoms with Crippen molar-refractivity contribution in [2.75, 3.05) is 0 Å². The van der Waals surface area contributed by atoms with Gasteiger partial charge in [-0.25, -0.2) is 0 Å². The number of carbonyl (C=O) groups is 1. The monoisotopic (exact) mass is 369 g/mol. The first-order valence-corrected chi connectivity index (χ1v) is 9.20. The zero-order chi connectivity index (χ0) is 19.8. The normalized spacial score (nSPS) is 19.6. The van der Waals surface area contributed by atoms with Crippen molar-refractivity contribution in [1.29, 1.82) is 0 Å². The van der Waals surface area contributed by atoms with Gasteiger partial charge in [0.1, 0.15) is 17.2 Å². The Hall–Kier alpha value is -2.53. The number of para-hydroxylation sites is 1. The topological polar surface area (TPSA) is 70.8 Å². The van der Waals surface area contributed by atoms with Crippen molar-refractivity contribution in [3.8, 4) is 17.2 Å². The molecule has 27 heavy (non-hydrogen) atoms. The van der Waals surface area contributed by atoms with Crippen LogP contribution in [-0.2, 0) is 11.2 Å². The van der Waals surface area contributed by atoms with E-state index in [4.69, 9.17) is 19.9 Å². The van der Waals surface area contributed by atoms with Crippen LogP contribution in [0.4, 0.5) is 0 Å². The molecule has 3 rings (SSSR count). The Balaban J connectivity index is 1.92. The van der Waals surface area contributed by atoms with E-state index in [2.05, 4.69) is 0 Å². The van der Waals surface area contributed by atoms with Gasteiger partial charge in [0.25, 0.3) is 0 Å². The summed E-state index contributed by atoms with van der Waals surface area (Å²) >= 11 is 0. The van der Waals surface area contributed by atoms with Crippen molar-refractivity contribution in [3.05, 3.63) is 52.6 Å². The molecular formula is C22H27NO4. The van der Waals surface area contributed by atoms with Crippen LogP contribution >= 0.6 is 0 Å². The molecule has 2 N–H and O–H groups in total. The standard InChI is InChI=1S/C22H27NO4/c1-13-14(2)20-18(15(3)19(13)25-16(4)24)11-12-22(5,27-20)21(23)26-17-9-7-6-8-10-17/h6-10,21H,11-12,23H2,1-5H3. The fourth-order valence-corrected chi connectivity index (χ4v) is 3.52. The Labute approximate surface area is 160 Å². The van der Waals surface area contributed by atoms with Crippen LogP contribution in [-0.4, -0.2) is 17.8 Å². The van der Waals surface area contributed by atoms with Crippen LogP contribution in [0.25, 0.3) is 0 Å². The largest absolute Gasteiger partial charge is 0.482 e. The van der Waals surface area contributed by atoms with Crippen LogP contribution in [0.15, 0.2) is 30.3 Å². The third-order valence-corrected chi connectivity index (χ3v) is 5.37. The van der Waals surface area contributed by atoms with E-state index < -0.39 is 11.8 Å². The predicted molar refractivity (Wildman–Crippen MR) is 104 cm³/mol. The van der Waals surface area contributed by atoms with Gasteiger partial charge in [0.05, 0.1) is 0 Å². The highest BCUT2D eigenvalue weighted by Gasteiger charge is 2.41. The summed E-state index contributed by atoms with van der Waals surface area (Å²) in [6.45, 7) is 9.29. The molecule has 2 unspecified atom stereocenters. The van der Waals surface area contributed by atoms with E-state index in [-0.39, 0.29) is 5.97 Å². The molecule has 5 nitrogen and oxygen atoms in total. The van der Waals surface area contributed by atoms with Crippen LogP contribution in [0.3, 0.4) is 0 Å². The number of carbonyl (C=O) groups excluding carboxylic acids is 1. The van der Waals surface area contributed by atoms with E-state index in [1.807, 2.05) is 58.0 Å². The summed E-state index contributed by atoms with van der Waals surface area (Å²) in [6.07, 6.45) is 0.872. The Morgan fingerprint density at radius 3 is 2.44 bits per heavy atom. The summed E-state index contributed by atoms with van der Waals surface area (Å²) in [5, 5.41) is 0. The zero-order valence-electron chi connectivity index (χ0n) is 16.6. The molecule has 0 radical (unpaired) electrons. The molecule has 0 amide bonds. The number of hydrogen-bond donors (Lipinski definition) is 1. The fraction of sp³-hybridized carbons (Fsp3) is 0.409. The van der Waals surface area contributed by atoms with Gasteiger partial charge < -0.3 is 14.2 Å². The minimum atomic E-state index is -0.657. The van der Waals surface area contributed by atoms with Crippen molar-refractivity contribution in [1.82, 2.24) is 0 Å². The molecule has 0 aromatic heterocycles. The molecule has 0 saturated heterocycles. The van der Waals surface area contributed by atoms with Crippen molar-refractivity contribution in [2.24, 2.45) is 5.73 Å². The second-order valence-corrected chi connectivity index (χ2v) is 7.37. The molecular weight excluding hydrogens is 342 g/mol. The lowest BCUT2D eigenvalue weighted by atomic mass is 9.86. The summed E-state index contributed by atoms with van der Waals surface area (Å²) in [5.74, 6) is 1.85. The van der Waals surface area contributed by atoms with Gasteiger partial charge in [-0.3, -0.25) is 10.5 Å². The molecule has 0 saturated carbocycles. The van der Waals surface area contributed by atoms with Crippen molar-refractivity contribution in [2.45, 2.75) is 59.3 Å². The first-order chi connectivity index (χ1) is 12.7. The number of benzene rings is 2. The summed E-state index contributed by atoms with van der Waals surface area (Å²) in [5.41, 5.74) is 9.60. The second kappa shape index (κ2) is 7.24. The number of hydrogen-bond acceptors (Lipinski definition) is 5. The second-order valence-electron chi connectivity index (χ2n) is 7.37. The Morgan fingerprint density at radius 2 is 1.81 bits per heavy atom. The maximum atomic E-state index is 11.5. The van der Waals surface area contributed by atoms with Crippen LogP contribution in [0.1, 0.15) is 42.5 Å². The highest BCUT2D eigenvalue weighted by Crippen LogP contribution is 2.44. The van der Waals surface area contributed by atoms with Crippen LogP contribution in [0.5, 0.6) is 17.2 Å². The van der Waals surface area contributed by atoms with Crippen LogP contribution < -0.4 is 19.9 Å².